The Bertz CT molecular complexity index is 325. The highest BCUT2D eigenvalue weighted by atomic mass is 32.1. The van der Waals surface area contributed by atoms with Gasteiger partial charge in [-0.2, -0.15) is 4.37 Å². The average molecular weight is 181 g/mol. The van der Waals surface area contributed by atoms with Gasteiger partial charge in [0.25, 0.3) is 0 Å². The van der Waals surface area contributed by atoms with Gasteiger partial charge in [0.1, 0.15) is 0 Å². The molecule has 1 aliphatic rings. The molecule has 1 aliphatic carbocycles. The molecule has 1 aromatic rings. The van der Waals surface area contributed by atoms with Crippen LogP contribution in [0.5, 0.6) is 0 Å². The van der Waals surface area contributed by atoms with Crippen molar-refractivity contribution in [2.45, 2.75) is 26.7 Å². The Morgan fingerprint density at radius 1 is 1.67 bits per heavy atom. The first kappa shape index (κ1) is 7.92. The van der Waals surface area contributed by atoms with Crippen molar-refractivity contribution >= 4 is 17.3 Å². The van der Waals surface area contributed by atoms with Gasteiger partial charge in [0.2, 0.25) is 0 Å². The van der Waals surface area contributed by atoms with Gasteiger partial charge in [0.15, 0.2) is 5.78 Å². The third kappa shape index (κ3) is 1.18. The summed E-state index contributed by atoms with van der Waals surface area (Å²) >= 11 is 1.32. The zero-order chi connectivity index (χ0) is 8.77. The Morgan fingerprint density at radius 2 is 2.33 bits per heavy atom. The molecular weight excluding hydrogens is 170 g/mol. The lowest BCUT2D eigenvalue weighted by Gasteiger charge is -2.01. The third-order valence-electron chi connectivity index (χ3n) is 2.40. The SMILES string of the molecule is Cc1cc(C(=O)C2(C)CC2)sn1. The molecule has 0 amide bonds. The summed E-state index contributed by atoms with van der Waals surface area (Å²) in [7, 11) is 0. The molecule has 2 nitrogen and oxygen atoms in total. The summed E-state index contributed by atoms with van der Waals surface area (Å²) in [6, 6.07) is 1.89. The summed E-state index contributed by atoms with van der Waals surface area (Å²) in [4.78, 5) is 12.5. The van der Waals surface area contributed by atoms with Crippen LogP contribution in [0.25, 0.3) is 0 Å². The number of ketones is 1. The number of aryl methyl sites for hydroxylation is 1. The summed E-state index contributed by atoms with van der Waals surface area (Å²) < 4.78 is 4.10. The molecule has 0 radical (unpaired) electrons. The molecule has 0 unspecified atom stereocenters. The first-order valence-electron chi connectivity index (χ1n) is 4.10. The lowest BCUT2D eigenvalue weighted by atomic mass is 10.0. The summed E-state index contributed by atoms with van der Waals surface area (Å²) in [5.74, 6) is 0.285. The van der Waals surface area contributed by atoms with Crippen molar-refractivity contribution in [2.75, 3.05) is 0 Å². The van der Waals surface area contributed by atoms with E-state index in [-0.39, 0.29) is 11.2 Å². The number of hydrogen-bond donors (Lipinski definition) is 0. The van der Waals surface area contributed by atoms with E-state index in [4.69, 9.17) is 0 Å². The van der Waals surface area contributed by atoms with Gasteiger partial charge in [-0.1, -0.05) is 6.92 Å². The number of hydrogen-bond acceptors (Lipinski definition) is 3. The normalized spacial score (nSPS) is 19.2. The van der Waals surface area contributed by atoms with Crippen molar-refractivity contribution in [3.8, 4) is 0 Å². The van der Waals surface area contributed by atoms with E-state index in [0.29, 0.717) is 0 Å². The van der Waals surface area contributed by atoms with Crippen molar-refractivity contribution in [2.24, 2.45) is 5.41 Å². The van der Waals surface area contributed by atoms with Crippen LogP contribution < -0.4 is 0 Å². The van der Waals surface area contributed by atoms with E-state index < -0.39 is 0 Å². The Kier molecular flexibility index (Phi) is 1.58. The summed E-state index contributed by atoms with van der Waals surface area (Å²) in [6.07, 6.45) is 2.09. The highest BCUT2D eigenvalue weighted by Gasteiger charge is 2.45. The lowest BCUT2D eigenvalue weighted by molar-refractivity contribution is 0.0916. The van der Waals surface area contributed by atoms with Gasteiger partial charge in [-0.3, -0.25) is 4.79 Å². The number of aromatic nitrogens is 1. The molecule has 0 atom stereocenters. The maximum absolute atomic E-state index is 11.7. The fourth-order valence-electron chi connectivity index (χ4n) is 1.18. The van der Waals surface area contributed by atoms with Gasteiger partial charge in [0.05, 0.1) is 10.6 Å². The van der Waals surface area contributed by atoms with Gasteiger partial charge >= 0.3 is 0 Å². The van der Waals surface area contributed by atoms with E-state index in [2.05, 4.69) is 4.37 Å². The van der Waals surface area contributed by atoms with Crippen LogP contribution in [-0.2, 0) is 0 Å². The maximum atomic E-state index is 11.7. The van der Waals surface area contributed by atoms with Crippen LogP contribution in [0, 0.1) is 12.3 Å². The zero-order valence-electron chi connectivity index (χ0n) is 7.26. The summed E-state index contributed by atoms with van der Waals surface area (Å²) in [5.41, 5.74) is 0.909. The smallest absolute Gasteiger partial charge is 0.180 e. The standard InChI is InChI=1S/C9H11NOS/c1-6-5-7(12-10-6)8(11)9(2)3-4-9/h5H,3-4H2,1-2H3. The van der Waals surface area contributed by atoms with Crippen molar-refractivity contribution in [1.82, 2.24) is 4.37 Å². The lowest BCUT2D eigenvalue weighted by Crippen LogP contribution is -2.09. The third-order valence-corrected chi connectivity index (χ3v) is 3.28. The minimum atomic E-state index is -0.0427. The first-order chi connectivity index (χ1) is 5.62. The Balaban J connectivity index is 2.25. The van der Waals surface area contributed by atoms with Crippen LogP contribution in [0.2, 0.25) is 0 Å². The van der Waals surface area contributed by atoms with Crippen LogP contribution in [0.4, 0.5) is 0 Å². The van der Waals surface area contributed by atoms with Crippen LogP contribution in [-0.4, -0.2) is 10.2 Å². The number of nitrogens with zero attached hydrogens (tertiary/aromatic N) is 1. The Morgan fingerprint density at radius 3 is 2.75 bits per heavy atom. The number of rotatable bonds is 2. The van der Waals surface area contributed by atoms with Crippen LogP contribution in [0.15, 0.2) is 6.07 Å². The number of Topliss-reactive ketones (excluding diaryl/α,β-unsaturated/α-hetero) is 1. The van der Waals surface area contributed by atoms with E-state index in [1.165, 1.54) is 11.5 Å². The Hall–Kier alpha value is -0.700. The highest BCUT2D eigenvalue weighted by molar-refractivity contribution is 7.08. The van der Waals surface area contributed by atoms with E-state index in [1.807, 2.05) is 19.9 Å². The van der Waals surface area contributed by atoms with Crippen molar-refractivity contribution in [1.29, 1.82) is 0 Å². The van der Waals surface area contributed by atoms with Gasteiger partial charge in [0, 0.05) is 5.41 Å². The highest BCUT2D eigenvalue weighted by Crippen LogP contribution is 2.47. The van der Waals surface area contributed by atoms with E-state index in [9.17, 15) is 4.79 Å². The van der Waals surface area contributed by atoms with E-state index >= 15 is 0 Å². The second-order valence-electron chi connectivity index (χ2n) is 3.72. The molecule has 1 saturated carbocycles. The molecule has 1 fully saturated rings. The monoisotopic (exact) mass is 181 g/mol. The van der Waals surface area contributed by atoms with Crippen LogP contribution in [0.3, 0.4) is 0 Å². The fourth-order valence-corrected chi connectivity index (χ4v) is 2.03. The van der Waals surface area contributed by atoms with Gasteiger partial charge in [-0.15, -0.1) is 0 Å². The molecule has 1 heterocycles. The van der Waals surface area contributed by atoms with Gasteiger partial charge < -0.3 is 0 Å². The summed E-state index contributed by atoms with van der Waals surface area (Å²) in [5, 5.41) is 0. The molecule has 0 saturated heterocycles. The number of carbonyl (C=O) groups excluding carboxylic acids is 1. The summed E-state index contributed by atoms with van der Waals surface area (Å²) in [6.45, 7) is 3.95. The van der Waals surface area contributed by atoms with E-state index in [0.717, 1.165) is 23.4 Å². The van der Waals surface area contributed by atoms with Crippen LogP contribution >= 0.6 is 11.5 Å². The molecule has 2 rings (SSSR count). The van der Waals surface area contributed by atoms with Crippen molar-refractivity contribution in [3.63, 3.8) is 0 Å². The molecule has 64 valence electrons. The van der Waals surface area contributed by atoms with Crippen molar-refractivity contribution in [3.05, 3.63) is 16.6 Å². The quantitative estimate of drug-likeness (QED) is 0.656. The topological polar surface area (TPSA) is 30.0 Å². The molecule has 0 N–H and O–H groups in total. The predicted molar refractivity (Wildman–Crippen MR) is 48.5 cm³/mol. The maximum Gasteiger partial charge on any atom is 0.180 e. The zero-order valence-corrected chi connectivity index (χ0v) is 8.07. The molecule has 0 spiro atoms. The molecule has 12 heavy (non-hydrogen) atoms. The van der Waals surface area contributed by atoms with Crippen molar-refractivity contribution < 1.29 is 4.79 Å². The van der Waals surface area contributed by atoms with Crippen LogP contribution in [0.1, 0.15) is 35.1 Å². The Labute approximate surface area is 75.8 Å². The molecule has 0 aliphatic heterocycles. The second-order valence-corrected chi connectivity index (χ2v) is 4.53. The molecule has 3 heteroatoms. The second kappa shape index (κ2) is 2.39. The van der Waals surface area contributed by atoms with E-state index in [1.54, 1.807) is 0 Å². The minimum Gasteiger partial charge on any atom is -0.293 e. The largest absolute Gasteiger partial charge is 0.293 e. The van der Waals surface area contributed by atoms with Gasteiger partial charge in [-0.05, 0) is 37.4 Å². The molecule has 0 aromatic carbocycles. The molecule has 1 aromatic heterocycles. The predicted octanol–water partition coefficient (Wildman–Crippen LogP) is 2.43. The average Bonchev–Trinajstić information content (AvgIpc) is 2.62. The molecule has 0 bridgehead atoms. The minimum absolute atomic E-state index is 0.0427. The number of carbonyl (C=O) groups is 1. The fraction of sp³-hybridized carbons (Fsp3) is 0.556. The van der Waals surface area contributed by atoms with Gasteiger partial charge in [-0.25, -0.2) is 0 Å². The first-order valence-corrected chi connectivity index (χ1v) is 4.87. The molecular formula is C9H11NOS.